The minimum Gasteiger partial charge on any atom is -0.399 e. The Balaban J connectivity index is 1.91. The van der Waals surface area contributed by atoms with Crippen molar-refractivity contribution >= 4 is 12.6 Å². The molecule has 1 aromatic heterocycles. The van der Waals surface area contributed by atoms with Gasteiger partial charge in [0.05, 0.1) is 17.5 Å². The second-order valence-electron chi connectivity index (χ2n) is 6.26. The van der Waals surface area contributed by atoms with Gasteiger partial charge in [-0.25, -0.2) is 9.37 Å². The molecule has 1 saturated heterocycles. The van der Waals surface area contributed by atoms with Crippen molar-refractivity contribution in [2.75, 3.05) is 0 Å². The van der Waals surface area contributed by atoms with Gasteiger partial charge in [0.2, 0.25) is 0 Å². The normalized spacial score (nSPS) is 20.0. The number of nitrogens with zero attached hydrogens (tertiary/aromatic N) is 2. The van der Waals surface area contributed by atoms with Crippen LogP contribution in [0.25, 0.3) is 5.69 Å². The monoisotopic (exact) mass is 288 g/mol. The fourth-order valence-corrected chi connectivity index (χ4v) is 2.25. The SMILES string of the molecule is CC1(C)OB(c2ccc(-n3ccnc3)cc2F)OC1(C)C. The highest BCUT2D eigenvalue weighted by molar-refractivity contribution is 6.62. The van der Waals surface area contributed by atoms with Gasteiger partial charge in [0.1, 0.15) is 5.82 Å². The molecular weight excluding hydrogens is 270 g/mol. The first-order valence-electron chi connectivity index (χ1n) is 6.94. The molecule has 6 heteroatoms. The van der Waals surface area contributed by atoms with Gasteiger partial charge in [-0.1, -0.05) is 6.07 Å². The van der Waals surface area contributed by atoms with E-state index in [1.165, 1.54) is 6.07 Å². The molecular formula is C15H18BFN2O2. The number of aromatic nitrogens is 2. The molecule has 2 heterocycles. The van der Waals surface area contributed by atoms with Crippen molar-refractivity contribution in [3.05, 3.63) is 42.7 Å². The Labute approximate surface area is 124 Å². The molecule has 0 N–H and O–H groups in total. The van der Waals surface area contributed by atoms with E-state index in [1.54, 1.807) is 29.4 Å². The van der Waals surface area contributed by atoms with Gasteiger partial charge in [0, 0.05) is 23.5 Å². The summed E-state index contributed by atoms with van der Waals surface area (Å²) >= 11 is 0. The van der Waals surface area contributed by atoms with Crippen LogP contribution in [0, 0.1) is 5.82 Å². The average Bonchev–Trinajstić information content (AvgIpc) is 2.96. The quantitative estimate of drug-likeness (QED) is 0.796. The maximum absolute atomic E-state index is 14.4. The van der Waals surface area contributed by atoms with E-state index in [0.717, 1.165) is 0 Å². The maximum Gasteiger partial charge on any atom is 0.497 e. The first-order chi connectivity index (χ1) is 9.80. The lowest BCUT2D eigenvalue weighted by Crippen LogP contribution is -2.41. The highest BCUT2D eigenvalue weighted by Gasteiger charge is 2.52. The third-order valence-corrected chi connectivity index (χ3v) is 4.29. The standard InChI is InChI=1S/C15H18BFN2O2/c1-14(2)15(3,4)21-16(20-14)12-6-5-11(9-13(12)17)19-8-7-18-10-19/h5-10H,1-4H3. The molecule has 0 amide bonds. The molecule has 1 fully saturated rings. The third kappa shape index (κ3) is 2.38. The summed E-state index contributed by atoms with van der Waals surface area (Å²) in [4.78, 5) is 3.96. The fourth-order valence-electron chi connectivity index (χ4n) is 2.25. The number of imidazole rings is 1. The van der Waals surface area contributed by atoms with E-state index in [2.05, 4.69) is 4.98 Å². The summed E-state index contributed by atoms with van der Waals surface area (Å²) in [6.45, 7) is 7.80. The van der Waals surface area contributed by atoms with Gasteiger partial charge in [-0.15, -0.1) is 0 Å². The average molecular weight is 288 g/mol. The van der Waals surface area contributed by atoms with E-state index >= 15 is 0 Å². The van der Waals surface area contributed by atoms with Crippen LogP contribution in [-0.4, -0.2) is 27.9 Å². The van der Waals surface area contributed by atoms with Crippen LogP contribution in [0.2, 0.25) is 0 Å². The minimum absolute atomic E-state index is 0.347. The van der Waals surface area contributed by atoms with Crippen molar-refractivity contribution in [2.24, 2.45) is 0 Å². The van der Waals surface area contributed by atoms with E-state index in [9.17, 15) is 4.39 Å². The largest absolute Gasteiger partial charge is 0.497 e. The molecule has 0 bridgehead atoms. The Morgan fingerprint density at radius 1 is 1.14 bits per heavy atom. The Kier molecular flexibility index (Phi) is 3.18. The zero-order valence-electron chi connectivity index (χ0n) is 12.6. The molecule has 110 valence electrons. The van der Waals surface area contributed by atoms with Gasteiger partial charge in [-0.05, 0) is 39.8 Å². The van der Waals surface area contributed by atoms with Gasteiger partial charge >= 0.3 is 7.12 Å². The third-order valence-electron chi connectivity index (χ3n) is 4.29. The van der Waals surface area contributed by atoms with Gasteiger partial charge in [-0.2, -0.15) is 0 Å². The summed E-state index contributed by atoms with van der Waals surface area (Å²) in [6, 6.07) is 4.99. The van der Waals surface area contributed by atoms with Crippen molar-refractivity contribution < 1.29 is 13.7 Å². The first kappa shape index (κ1) is 14.3. The van der Waals surface area contributed by atoms with Crippen LogP contribution in [0.4, 0.5) is 4.39 Å². The lowest BCUT2D eigenvalue weighted by Gasteiger charge is -2.32. The molecule has 0 atom stereocenters. The molecule has 0 unspecified atom stereocenters. The Morgan fingerprint density at radius 3 is 2.33 bits per heavy atom. The molecule has 1 aromatic carbocycles. The van der Waals surface area contributed by atoms with Crippen LogP contribution in [-0.2, 0) is 9.31 Å². The van der Waals surface area contributed by atoms with Crippen molar-refractivity contribution in [1.29, 1.82) is 0 Å². The lowest BCUT2D eigenvalue weighted by molar-refractivity contribution is 0.00578. The molecule has 21 heavy (non-hydrogen) atoms. The highest BCUT2D eigenvalue weighted by Crippen LogP contribution is 2.36. The van der Waals surface area contributed by atoms with Crippen LogP contribution in [0.1, 0.15) is 27.7 Å². The first-order valence-corrected chi connectivity index (χ1v) is 6.94. The minimum atomic E-state index is -0.688. The van der Waals surface area contributed by atoms with E-state index in [4.69, 9.17) is 9.31 Å². The summed E-state index contributed by atoms with van der Waals surface area (Å²) in [6.07, 6.45) is 5.05. The van der Waals surface area contributed by atoms with Gasteiger partial charge in [-0.3, -0.25) is 0 Å². The highest BCUT2D eigenvalue weighted by atomic mass is 19.1. The van der Waals surface area contributed by atoms with E-state index in [1.807, 2.05) is 33.8 Å². The smallest absolute Gasteiger partial charge is 0.399 e. The number of rotatable bonds is 2. The van der Waals surface area contributed by atoms with E-state index in [-0.39, 0.29) is 5.82 Å². The molecule has 1 aliphatic rings. The molecule has 2 aromatic rings. The Morgan fingerprint density at radius 2 is 1.81 bits per heavy atom. The zero-order valence-corrected chi connectivity index (χ0v) is 12.6. The predicted octanol–water partition coefficient (Wildman–Crippen LogP) is 2.31. The zero-order chi connectivity index (χ0) is 15.3. The Bertz CT molecular complexity index is 640. The molecule has 1 aliphatic heterocycles. The van der Waals surface area contributed by atoms with Crippen LogP contribution in [0.3, 0.4) is 0 Å². The van der Waals surface area contributed by atoms with E-state index in [0.29, 0.717) is 11.2 Å². The number of hydrogen-bond acceptors (Lipinski definition) is 3. The molecule has 0 aliphatic carbocycles. The number of halogens is 1. The number of benzene rings is 1. The molecule has 0 saturated carbocycles. The van der Waals surface area contributed by atoms with Gasteiger partial charge < -0.3 is 13.9 Å². The predicted molar refractivity (Wildman–Crippen MR) is 79.2 cm³/mol. The van der Waals surface area contributed by atoms with Gasteiger partial charge in [0.25, 0.3) is 0 Å². The lowest BCUT2D eigenvalue weighted by atomic mass is 9.78. The van der Waals surface area contributed by atoms with Crippen LogP contribution < -0.4 is 5.46 Å². The van der Waals surface area contributed by atoms with Crippen molar-refractivity contribution in [3.8, 4) is 5.69 Å². The summed E-state index contributed by atoms with van der Waals surface area (Å²) in [7, 11) is -0.688. The summed E-state index contributed by atoms with van der Waals surface area (Å²) in [5.41, 5.74) is 0.169. The second kappa shape index (κ2) is 4.68. The van der Waals surface area contributed by atoms with Crippen LogP contribution in [0.5, 0.6) is 0 Å². The van der Waals surface area contributed by atoms with Gasteiger partial charge in [0.15, 0.2) is 0 Å². The van der Waals surface area contributed by atoms with Crippen LogP contribution in [0.15, 0.2) is 36.9 Å². The topological polar surface area (TPSA) is 36.3 Å². The van der Waals surface area contributed by atoms with E-state index < -0.39 is 18.3 Å². The summed E-state index contributed by atoms with van der Waals surface area (Å²) in [5, 5.41) is 0. The van der Waals surface area contributed by atoms with Crippen molar-refractivity contribution in [1.82, 2.24) is 9.55 Å². The molecule has 4 nitrogen and oxygen atoms in total. The molecule has 3 rings (SSSR count). The molecule has 0 radical (unpaired) electrons. The summed E-state index contributed by atoms with van der Waals surface area (Å²) < 4.78 is 27.9. The van der Waals surface area contributed by atoms with Crippen molar-refractivity contribution in [3.63, 3.8) is 0 Å². The summed E-state index contributed by atoms with van der Waals surface area (Å²) in [5.74, 6) is -0.347. The molecule has 0 spiro atoms. The fraction of sp³-hybridized carbons (Fsp3) is 0.400. The maximum atomic E-state index is 14.4. The van der Waals surface area contributed by atoms with Crippen molar-refractivity contribution in [2.45, 2.75) is 38.9 Å². The number of hydrogen-bond donors (Lipinski definition) is 0. The second-order valence-corrected chi connectivity index (χ2v) is 6.26. The Hall–Kier alpha value is -1.66. The van der Waals surface area contributed by atoms with Crippen LogP contribution >= 0.6 is 0 Å².